The topological polar surface area (TPSA) is 107 Å². The van der Waals surface area contributed by atoms with Crippen LogP contribution in [0.5, 0.6) is 5.75 Å². The van der Waals surface area contributed by atoms with Crippen molar-refractivity contribution in [3.05, 3.63) is 84.3 Å². The van der Waals surface area contributed by atoms with E-state index in [0.29, 0.717) is 0 Å². The minimum Gasteiger partial charge on any atom is -0.459 e. The van der Waals surface area contributed by atoms with Crippen LogP contribution in [0.4, 0.5) is 18.9 Å². The highest BCUT2D eigenvalue weighted by Gasteiger charge is 2.31. The number of ether oxygens (including phenoxy) is 2. The third-order valence-corrected chi connectivity index (χ3v) is 4.33. The molecule has 0 aliphatic heterocycles. The highest BCUT2D eigenvalue weighted by Crippen LogP contribution is 2.23. The Morgan fingerprint density at radius 3 is 2.26 bits per heavy atom. The lowest BCUT2D eigenvalue weighted by Crippen LogP contribution is -2.44. The van der Waals surface area contributed by atoms with Crippen LogP contribution in [0.3, 0.4) is 0 Å². The maximum Gasteiger partial charge on any atom is 0.573 e. The standard InChI is InChI=1S/C23H19F3N2O6/c24-23(25,26)34-17-10-8-16(9-11-17)27-20(29)14-33-22(31)18(13-15-5-2-1-3-6-15)28-21(30)19-7-4-12-32-19/h1-12,18H,13-14H2,(H,27,29)(H,28,30). The molecule has 2 N–H and O–H groups in total. The minimum atomic E-state index is -4.83. The zero-order chi connectivity index (χ0) is 24.6. The van der Waals surface area contributed by atoms with E-state index in [2.05, 4.69) is 15.4 Å². The fourth-order valence-corrected chi connectivity index (χ4v) is 2.85. The number of nitrogens with one attached hydrogen (secondary N) is 2. The Balaban J connectivity index is 1.57. The molecule has 0 fully saturated rings. The summed E-state index contributed by atoms with van der Waals surface area (Å²) in [4.78, 5) is 37.1. The SMILES string of the molecule is O=C(COC(=O)C(Cc1ccccc1)NC(=O)c1ccco1)Nc1ccc(OC(F)(F)F)cc1. The van der Waals surface area contributed by atoms with Crippen LogP contribution in [-0.4, -0.2) is 36.8 Å². The van der Waals surface area contributed by atoms with Crippen LogP contribution < -0.4 is 15.4 Å². The fourth-order valence-electron chi connectivity index (χ4n) is 2.85. The molecule has 8 nitrogen and oxygen atoms in total. The Labute approximate surface area is 191 Å². The van der Waals surface area contributed by atoms with Crippen molar-refractivity contribution in [2.75, 3.05) is 11.9 Å². The van der Waals surface area contributed by atoms with Crippen molar-refractivity contribution in [1.82, 2.24) is 5.32 Å². The predicted octanol–water partition coefficient (Wildman–Crippen LogP) is 3.70. The van der Waals surface area contributed by atoms with Crippen molar-refractivity contribution < 1.29 is 41.4 Å². The van der Waals surface area contributed by atoms with Gasteiger partial charge in [-0.25, -0.2) is 4.79 Å². The van der Waals surface area contributed by atoms with Crippen LogP contribution in [0, 0.1) is 0 Å². The molecule has 2 aromatic carbocycles. The number of rotatable bonds is 9. The Morgan fingerprint density at radius 1 is 0.941 bits per heavy atom. The number of carbonyl (C=O) groups is 3. The summed E-state index contributed by atoms with van der Waals surface area (Å²) in [6.07, 6.45) is -3.42. The molecule has 0 saturated carbocycles. The van der Waals surface area contributed by atoms with E-state index >= 15 is 0 Å². The Kier molecular flexibility index (Phi) is 7.91. The van der Waals surface area contributed by atoms with Crippen molar-refractivity contribution in [3.8, 4) is 5.75 Å². The molecule has 2 amide bonds. The molecule has 0 saturated heterocycles. The van der Waals surface area contributed by atoms with Gasteiger partial charge in [0.15, 0.2) is 12.4 Å². The predicted molar refractivity (Wildman–Crippen MR) is 113 cm³/mol. The highest BCUT2D eigenvalue weighted by atomic mass is 19.4. The number of esters is 1. The number of carbonyl (C=O) groups excluding carboxylic acids is 3. The minimum absolute atomic E-state index is 0.00144. The van der Waals surface area contributed by atoms with Gasteiger partial charge in [-0.3, -0.25) is 9.59 Å². The van der Waals surface area contributed by atoms with E-state index < -0.39 is 42.5 Å². The second-order valence-corrected chi connectivity index (χ2v) is 6.92. The van der Waals surface area contributed by atoms with Gasteiger partial charge in [0.25, 0.3) is 11.8 Å². The van der Waals surface area contributed by atoms with Crippen molar-refractivity contribution >= 4 is 23.5 Å². The number of alkyl halides is 3. The molecule has 3 rings (SSSR count). The van der Waals surface area contributed by atoms with Gasteiger partial charge in [0.1, 0.15) is 11.8 Å². The number of furan rings is 1. The first-order valence-corrected chi connectivity index (χ1v) is 9.90. The van der Waals surface area contributed by atoms with Gasteiger partial charge in [0, 0.05) is 12.1 Å². The molecule has 11 heteroatoms. The normalized spacial score (nSPS) is 11.9. The summed E-state index contributed by atoms with van der Waals surface area (Å²) in [6.45, 7) is -0.679. The zero-order valence-electron chi connectivity index (χ0n) is 17.5. The maximum atomic E-state index is 12.6. The van der Waals surface area contributed by atoms with Crippen LogP contribution in [0.15, 0.2) is 77.4 Å². The van der Waals surface area contributed by atoms with Crippen LogP contribution in [0.25, 0.3) is 0 Å². The summed E-state index contributed by atoms with van der Waals surface area (Å²) < 4.78 is 50.5. The fraction of sp³-hybridized carbons (Fsp3) is 0.174. The first-order chi connectivity index (χ1) is 16.2. The molecule has 1 aromatic heterocycles. The number of halogens is 3. The molecule has 178 valence electrons. The van der Waals surface area contributed by atoms with E-state index in [0.717, 1.165) is 17.7 Å². The summed E-state index contributed by atoms with van der Waals surface area (Å²) in [6, 6.07) is 15.1. The van der Waals surface area contributed by atoms with E-state index in [1.54, 1.807) is 30.3 Å². The van der Waals surface area contributed by atoms with Gasteiger partial charge in [0.05, 0.1) is 6.26 Å². The van der Waals surface area contributed by atoms with Crippen molar-refractivity contribution in [2.24, 2.45) is 0 Å². The van der Waals surface area contributed by atoms with Gasteiger partial charge in [-0.2, -0.15) is 0 Å². The van der Waals surface area contributed by atoms with Crippen LogP contribution in [0.2, 0.25) is 0 Å². The van der Waals surface area contributed by atoms with Crippen molar-refractivity contribution in [3.63, 3.8) is 0 Å². The molecule has 0 aliphatic rings. The average molecular weight is 476 g/mol. The van der Waals surface area contributed by atoms with Gasteiger partial charge >= 0.3 is 12.3 Å². The van der Waals surface area contributed by atoms with Crippen LogP contribution >= 0.6 is 0 Å². The third-order valence-electron chi connectivity index (χ3n) is 4.33. The zero-order valence-corrected chi connectivity index (χ0v) is 17.5. The van der Waals surface area contributed by atoms with E-state index in [1.807, 2.05) is 0 Å². The summed E-state index contributed by atoms with van der Waals surface area (Å²) in [5.74, 6) is -2.66. The Hall–Kier alpha value is -4.28. The summed E-state index contributed by atoms with van der Waals surface area (Å²) in [5.41, 5.74) is 0.914. The molecule has 0 aliphatic carbocycles. The maximum absolute atomic E-state index is 12.6. The van der Waals surface area contributed by atoms with Crippen LogP contribution in [-0.2, 0) is 20.7 Å². The van der Waals surface area contributed by atoms with E-state index in [9.17, 15) is 27.6 Å². The van der Waals surface area contributed by atoms with Crippen molar-refractivity contribution in [2.45, 2.75) is 18.8 Å². The third kappa shape index (κ3) is 7.69. The smallest absolute Gasteiger partial charge is 0.459 e. The molecular formula is C23H19F3N2O6. The first-order valence-electron chi connectivity index (χ1n) is 9.90. The molecule has 1 atom stereocenters. The summed E-state index contributed by atoms with van der Waals surface area (Å²) in [7, 11) is 0. The summed E-state index contributed by atoms with van der Waals surface area (Å²) >= 11 is 0. The molecule has 0 spiro atoms. The average Bonchev–Trinajstić information content (AvgIpc) is 3.33. The van der Waals surface area contributed by atoms with Gasteiger partial charge < -0.3 is 24.5 Å². The number of anilines is 1. The lowest BCUT2D eigenvalue weighted by atomic mass is 10.1. The second-order valence-electron chi connectivity index (χ2n) is 6.92. The van der Waals surface area contributed by atoms with E-state index in [1.165, 1.54) is 30.5 Å². The molecule has 1 unspecified atom stereocenters. The largest absolute Gasteiger partial charge is 0.573 e. The quantitative estimate of drug-likeness (QED) is 0.456. The molecule has 3 aromatic rings. The van der Waals surface area contributed by atoms with Gasteiger partial charge in [-0.05, 0) is 42.0 Å². The first kappa shape index (κ1) is 24.4. The van der Waals surface area contributed by atoms with Crippen LogP contribution in [0.1, 0.15) is 16.1 Å². The highest BCUT2D eigenvalue weighted by molar-refractivity contribution is 5.96. The molecule has 0 radical (unpaired) electrons. The molecular weight excluding hydrogens is 457 g/mol. The van der Waals surface area contributed by atoms with Gasteiger partial charge in [-0.15, -0.1) is 13.2 Å². The van der Waals surface area contributed by atoms with Crippen molar-refractivity contribution in [1.29, 1.82) is 0 Å². The monoisotopic (exact) mass is 476 g/mol. The number of hydrogen-bond acceptors (Lipinski definition) is 6. The Morgan fingerprint density at radius 2 is 1.65 bits per heavy atom. The van der Waals surface area contributed by atoms with E-state index in [4.69, 9.17) is 9.15 Å². The number of benzene rings is 2. The Bertz CT molecular complexity index is 1100. The summed E-state index contributed by atoms with van der Waals surface area (Å²) in [5, 5.41) is 4.91. The van der Waals surface area contributed by atoms with E-state index in [-0.39, 0.29) is 17.9 Å². The molecule has 0 bridgehead atoms. The number of hydrogen-bond donors (Lipinski definition) is 2. The lowest BCUT2D eigenvalue weighted by Gasteiger charge is -2.17. The van der Waals surface area contributed by atoms with Gasteiger partial charge in [-0.1, -0.05) is 30.3 Å². The lowest BCUT2D eigenvalue weighted by molar-refractivity contribution is -0.274. The molecule has 34 heavy (non-hydrogen) atoms. The van der Waals surface area contributed by atoms with Gasteiger partial charge in [0.2, 0.25) is 0 Å². The number of amides is 2. The molecule has 1 heterocycles. The second kappa shape index (κ2) is 11.0.